The van der Waals surface area contributed by atoms with Gasteiger partial charge < -0.3 is 14.7 Å². The van der Waals surface area contributed by atoms with Gasteiger partial charge in [0.15, 0.2) is 0 Å². The molecule has 1 fully saturated rings. The Hall–Kier alpha value is -1.14. The molecule has 20 heavy (non-hydrogen) atoms. The monoisotopic (exact) mass is 286 g/mol. The first-order valence-electron chi connectivity index (χ1n) is 6.98. The molecule has 0 aliphatic heterocycles. The lowest BCUT2D eigenvalue weighted by Crippen LogP contribution is -2.48. The van der Waals surface area contributed by atoms with Gasteiger partial charge >= 0.3 is 6.09 Å². The van der Waals surface area contributed by atoms with E-state index in [9.17, 15) is 14.7 Å². The van der Waals surface area contributed by atoms with Crippen LogP contribution >= 0.6 is 0 Å². The van der Waals surface area contributed by atoms with Crippen molar-refractivity contribution >= 4 is 12.0 Å². The Bertz CT molecular complexity index is 363. The van der Waals surface area contributed by atoms with Gasteiger partial charge in [0.1, 0.15) is 5.60 Å². The minimum atomic E-state index is -0.762. The number of aliphatic hydroxyl groups is 1. The van der Waals surface area contributed by atoms with E-state index in [1.54, 1.807) is 20.8 Å². The van der Waals surface area contributed by atoms with Crippen LogP contribution in [0.3, 0.4) is 0 Å². The lowest BCUT2D eigenvalue weighted by molar-refractivity contribution is -0.130. The van der Waals surface area contributed by atoms with Gasteiger partial charge in [-0.25, -0.2) is 4.79 Å². The number of amides is 2. The highest BCUT2D eigenvalue weighted by atomic mass is 16.6. The molecule has 2 N–H and O–H groups in total. The molecule has 6 heteroatoms. The van der Waals surface area contributed by atoms with Crippen molar-refractivity contribution in [3.05, 3.63) is 0 Å². The summed E-state index contributed by atoms with van der Waals surface area (Å²) in [7, 11) is 3.90. The molecule has 1 saturated carbocycles. The summed E-state index contributed by atoms with van der Waals surface area (Å²) in [4.78, 5) is 25.7. The number of imide groups is 1. The van der Waals surface area contributed by atoms with Gasteiger partial charge in [0.05, 0.1) is 12.0 Å². The maximum Gasteiger partial charge on any atom is 0.414 e. The second kappa shape index (κ2) is 6.54. The molecule has 0 saturated heterocycles. The van der Waals surface area contributed by atoms with Crippen LogP contribution in [0, 0.1) is 5.92 Å². The van der Waals surface area contributed by atoms with Crippen molar-refractivity contribution in [2.45, 2.75) is 57.8 Å². The Kier molecular flexibility index (Phi) is 5.53. The standard InChI is InChI=1S/C14H26N2O4/c1-14(2,3)20-13(19)15-12(18)10-8-9(16(4)5)6-7-11(10)17/h9-11,17H,6-8H2,1-5H3,(H,15,18,19)/t9-,10+,11+/m0/s1. The Morgan fingerprint density at radius 2 is 1.85 bits per heavy atom. The molecule has 1 aliphatic carbocycles. The van der Waals surface area contributed by atoms with Gasteiger partial charge in [-0.1, -0.05) is 0 Å². The average molecular weight is 286 g/mol. The summed E-state index contributed by atoms with van der Waals surface area (Å²) in [6, 6.07) is 0.243. The fourth-order valence-electron chi connectivity index (χ4n) is 2.38. The fraction of sp³-hybridized carbons (Fsp3) is 0.857. The summed E-state index contributed by atoms with van der Waals surface area (Å²) in [5.41, 5.74) is -0.651. The molecule has 3 atom stereocenters. The Labute approximate surface area is 120 Å². The van der Waals surface area contributed by atoms with Crippen LogP contribution in [0.2, 0.25) is 0 Å². The Balaban J connectivity index is 2.58. The van der Waals surface area contributed by atoms with Crippen LogP contribution in [-0.2, 0) is 9.53 Å². The van der Waals surface area contributed by atoms with Crippen LogP contribution in [0.25, 0.3) is 0 Å². The topological polar surface area (TPSA) is 78.9 Å². The highest BCUT2D eigenvalue weighted by molar-refractivity contribution is 5.93. The zero-order chi connectivity index (χ0) is 15.5. The molecular weight excluding hydrogens is 260 g/mol. The van der Waals surface area contributed by atoms with E-state index in [-0.39, 0.29) is 6.04 Å². The largest absolute Gasteiger partial charge is 0.444 e. The van der Waals surface area contributed by atoms with Crippen molar-refractivity contribution in [2.75, 3.05) is 14.1 Å². The van der Waals surface area contributed by atoms with E-state index in [0.29, 0.717) is 12.8 Å². The number of hydrogen-bond acceptors (Lipinski definition) is 5. The summed E-state index contributed by atoms with van der Waals surface area (Å²) in [6.07, 6.45) is 0.498. The van der Waals surface area contributed by atoms with Crippen LogP contribution in [0.4, 0.5) is 4.79 Å². The summed E-state index contributed by atoms with van der Waals surface area (Å²) in [5, 5.41) is 12.2. The van der Waals surface area contributed by atoms with Crippen LogP contribution in [0.5, 0.6) is 0 Å². The highest BCUT2D eigenvalue weighted by Crippen LogP contribution is 2.27. The van der Waals surface area contributed by atoms with Crippen LogP contribution in [-0.4, -0.2) is 53.8 Å². The number of alkyl carbamates (subject to hydrolysis) is 1. The van der Waals surface area contributed by atoms with Gasteiger partial charge in [-0.2, -0.15) is 0 Å². The van der Waals surface area contributed by atoms with Crippen molar-refractivity contribution in [1.29, 1.82) is 0 Å². The summed E-state index contributed by atoms with van der Waals surface area (Å²) in [5.74, 6) is -1.03. The molecule has 2 amide bonds. The van der Waals surface area contributed by atoms with E-state index in [0.717, 1.165) is 6.42 Å². The third-order valence-corrected chi connectivity index (χ3v) is 3.48. The maximum atomic E-state index is 12.1. The van der Waals surface area contributed by atoms with E-state index < -0.39 is 29.6 Å². The van der Waals surface area contributed by atoms with Gasteiger partial charge in [0, 0.05) is 6.04 Å². The smallest absolute Gasteiger partial charge is 0.414 e. The van der Waals surface area contributed by atoms with E-state index >= 15 is 0 Å². The molecule has 0 aromatic carbocycles. The van der Waals surface area contributed by atoms with E-state index in [4.69, 9.17) is 4.74 Å². The van der Waals surface area contributed by atoms with Gasteiger partial charge in [-0.15, -0.1) is 0 Å². The minimum Gasteiger partial charge on any atom is -0.444 e. The third kappa shape index (κ3) is 5.09. The molecule has 0 spiro atoms. The molecule has 0 unspecified atom stereocenters. The van der Waals surface area contributed by atoms with Gasteiger partial charge in [0.2, 0.25) is 5.91 Å². The maximum absolute atomic E-state index is 12.1. The van der Waals surface area contributed by atoms with Gasteiger partial charge in [-0.3, -0.25) is 10.1 Å². The Morgan fingerprint density at radius 3 is 2.35 bits per heavy atom. The Morgan fingerprint density at radius 1 is 1.25 bits per heavy atom. The zero-order valence-electron chi connectivity index (χ0n) is 13.0. The van der Waals surface area contributed by atoms with Crippen molar-refractivity contribution in [2.24, 2.45) is 5.92 Å². The summed E-state index contributed by atoms with van der Waals surface area (Å²) < 4.78 is 5.05. The molecule has 1 rings (SSSR count). The molecule has 0 bridgehead atoms. The second-order valence-corrected chi connectivity index (χ2v) is 6.60. The first-order chi connectivity index (χ1) is 9.10. The lowest BCUT2D eigenvalue weighted by Gasteiger charge is -2.35. The molecule has 0 aromatic heterocycles. The lowest BCUT2D eigenvalue weighted by atomic mass is 9.82. The number of carbonyl (C=O) groups is 2. The number of hydrogen-bond donors (Lipinski definition) is 2. The first-order valence-corrected chi connectivity index (χ1v) is 6.98. The average Bonchev–Trinajstić information content (AvgIpc) is 2.26. The number of nitrogens with zero attached hydrogens (tertiary/aromatic N) is 1. The van der Waals surface area contributed by atoms with Gasteiger partial charge in [0.25, 0.3) is 0 Å². The number of carbonyl (C=O) groups excluding carboxylic acids is 2. The predicted molar refractivity (Wildman–Crippen MR) is 75.2 cm³/mol. The molecular formula is C14H26N2O4. The van der Waals surface area contributed by atoms with Crippen molar-refractivity contribution in [3.8, 4) is 0 Å². The number of nitrogens with one attached hydrogen (secondary N) is 1. The molecule has 1 aliphatic rings. The van der Waals surface area contributed by atoms with Crippen LogP contribution < -0.4 is 5.32 Å². The normalized spacial score (nSPS) is 27.2. The quantitative estimate of drug-likeness (QED) is 0.795. The second-order valence-electron chi connectivity index (χ2n) is 6.60. The first kappa shape index (κ1) is 16.9. The van der Waals surface area contributed by atoms with Gasteiger partial charge in [-0.05, 0) is 54.1 Å². The fourth-order valence-corrected chi connectivity index (χ4v) is 2.38. The molecule has 0 heterocycles. The minimum absolute atomic E-state index is 0.243. The van der Waals surface area contributed by atoms with Crippen LogP contribution in [0.15, 0.2) is 0 Å². The number of rotatable bonds is 2. The SMILES string of the molecule is CN(C)[C@H]1CC[C@@H](O)[C@H](C(=O)NC(=O)OC(C)(C)C)C1. The van der Waals surface area contributed by atoms with E-state index in [2.05, 4.69) is 5.32 Å². The van der Waals surface area contributed by atoms with Crippen molar-refractivity contribution in [3.63, 3.8) is 0 Å². The molecule has 116 valence electrons. The van der Waals surface area contributed by atoms with E-state index in [1.807, 2.05) is 19.0 Å². The number of ether oxygens (including phenoxy) is 1. The van der Waals surface area contributed by atoms with Crippen molar-refractivity contribution < 1.29 is 19.4 Å². The molecule has 6 nitrogen and oxygen atoms in total. The molecule has 0 aromatic rings. The zero-order valence-corrected chi connectivity index (χ0v) is 13.0. The van der Waals surface area contributed by atoms with Crippen molar-refractivity contribution in [1.82, 2.24) is 10.2 Å². The highest BCUT2D eigenvalue weighted by Gasteiger charge is 2.36. The third-order valence-electron chi connectivity index (χ3n) is 3.48. The molecule has 0 radical (unpaired) electrons. The summed E-state index contributed by atoms with van der Waals surface area (Å²) >= 11 is 0. The summed E-state index contributed by atoms with van der Waals surface area (Å²) in [6.45, 7) is 5.19. The van der Waals surface area contributed by atoms with Crippen LogP contribution in [0.1, 0.15) is 40.0 Å². The van der Waals surface area contributed by atoms with E-state index in [1.165, 1.54) is 0 Å². The number of aliphatic hydroxyl groups excluding tert-OH is 1. The predicted octanol–water partition coefficient (Wildman–Crippen LogP) is 1.13.